The predicted molar refractivity (Wildman–Crippen MR) is 117 cm³/mol. The fourth-order valence-electron chi connectivity index (χ4n) is 3.59. The Kier molecular flexibility index (Phi) is 8.64. The lowest BCUT2D eigenvalue weighted by atomic mass is 9.84. The van der Waals surface area contributed by atoms with Gasteiger partial charge in [-0.1, -0.05) is 23.2 Å². The van der Waals surface area contributed by atoms with E-state index in [9.17, 15) is 9.59 Å². The average Bonchev–Trinajstić information content (AvgIpc) is 2.68. The van der Waals surface area contributed by atoms with E-state index in [-0.39, 0.29) is 30.6 Å². The molecule has 0 saturated carbocycles. The monoisotopic (exact) mass is 460 g/mol. The van der Waals surface area contributed by atoms with Gasteiger partial charge in [0, 0.05) is 24.7 Å². The molecule has 9 heteroatoms. The first-order valence-corrected chi connectivity index (χ1v) is 10.6. The highest BCUT2D eigenvalue weighted by Crippen LogP contribution is 2.43. The number of piperidine rings is 1. The van der Waals surface area contributed by atoms with Gasteiger partial charge in [-0.25, -0.2) is 4.79 Å². The maximum atomic E-state index is 12.8. The van der Waals surface area contributed by atoms with E-state index in [2.05, 4.69) is 10.1 Å². The zero-order chi connectivity index (χ0) is 22.5. The molecule has 1 saturated heterocycles. The summed E-state index contributed by atoms with van der Waals surface area (Å²) in [5.74, 6) is 0.335. The van der Waals surface area contributed by atoms with Crippen molar-refractivity contribution in [2.45, 2.75) is 51.2 Å². The van der Waals surface area contributed by atoms with E-state index in [1.54, 1.807) is 24.1 Å². The molecule has 7 nitrogen and oxygen atoms in total. The van der Waals surface area contributed by atoms with Gasteiger partial charge in [0.05, 0.1) is 30.8 Å². The summed E-state index contributed by atoms with van der Waals surface area (Å²) in [4.78, 5) is 26.0. The van der Waals surface area contributed by atoms with Crippen LogP contribution in [0.2, 0.25) is 10.0 Å². The van der Waals surface area contributed by atoms with Gasteiger partial charge in [-0.15, -0.1) is 0 Å². The molecule has 1 aromatic carbocycles. The molecule has 30 heavy (non-hydrogen) atoms. The molecule has 1 amide bonds. The average molecular weight is 461 g/mol. The van der Waals surface area contributed by atoms with Gasteiger partial charge in [0.2, 0.25) is 0 Å². The molecule has 0 unspecified atom stereocenters. The number of halogens is 2. The second kappa shape index (κ2) is 10.6. The van der Waals surface area contributed by atoms with Gasteiger partial charge in [0.1, 0.15) is 11.4 Å². The molecule has 1 aliphatic heterocycles. The predicted octanol–water partition coefficient (Wildman–Crippen LogP) is 4.25. The summed E-state index contributed by atoms with van der Waals surface area (Å²) in [6, 6.07) is 3.30. The third-order valence-electron chi connectivity index (χ3n) is 4.94. The van der Waals surface area contributed by atoms with Gasteiger partial charge >= 0.3 is 12.1 Å². The summed E-state index contributed by atoms with van der Waals surface area (Å²) < 4.78 is 15.8. The lowest BCUT2D eigenvalue weighted by molar-refractivity contribution is -0.139. The van der Waals surface area contributed by atoms with Crippen molar-refractivity contribution in [2.24, 2.45) is 0 Å². The molecule has 2 rings (SSSR count). The fraction of sp³-hybridized carbons (Fsp3) is 0.619. The Morgan fingerprint density at radius 1 is 1.23 bits per heavy atom. The quantitative estimate of drug-likeness (QED) is 0.639. The number of methoxy groups -OCH3 is 2. The molecular weight excluding hydrogens is 431 g/mol. The minimum Gasteiger partial charge on any atom is -0.496 e. The molecule has 1 aromatic rings. The zero-order valence-corrected chi connectivity index (χ0v) is 19.6. The number of nitrogens with zero attached hydrogens (tertiary/aromatic N) is 1. The van der Waals surface area contributed by atoms with E-state index in [4.69, 9.17) is 32.7 Å². The maximum absolute atomic E-state index is 12.8. The Hall–Kier alpha value is -1.70. The Bertz CT molecular complexity index is 766. The molecule has 1 fully saturated rings. The number of hydrogen-bond donors (Lipinski definition) is 1. The van der Waals surface area contributed by atoms with Gasteiger partial charge in [0.25, 0.3) is 0 Å². The SMILES string of the molecule is COC(=O)CNC[C@@H]1C[C@H](c2c(OC)ccc(Cl)c2Cl)CCN1C(=O)OC(C)(C)C. The molecule has 0 radical (unpaired) electrons. The molecule has 0 aromatic heterocycles. The third-order valence-corrected chi connectivity index (χ3v) is 5.76. The van der Waals surface area contributed by atoms with E-state index in [0.717, 1.165) is 5.56 Å². The Morgan fingerprint density at radius 2 is 1.93 bits per heavy atom. The Morgan fingerprint density at radius 3 is 2.53 bits per heavy atom. The molecule has 168 valence electrons. The number of ether oxygens (including phenoxy) is 3. The maximum Gasteiger partial charge on any atom is 0.410 e. The highest BCUT2D eigenvalue weighted by Gasteiger charge is 2.36. The summed E-state index contributed by atoms with van der Waals surface area (Å²) in [5.41, 5.74) is 0.241. The fourth-order valence-corrected chi connectivity index (χ4v) is 4.06. The van der Waals surface area contributed by atoms with Crippen molar-refractivity contribution in [1.82, 2.24) is 10.2 Å². The first-order chi connectivity index (χ1) is 14.1. The highest BCUT2D eigenvalue weighted by atomic mass is 35.5. The van der Waals surface area contributed by atoms with E-state index in [1.807, 2.05) is 20.8 Å². The summed E-state index contributed by atoms with van der Waals surface area (Å²) >= 11 is 12.8. The van der Waals surface area contributed by atoms with Crippen molar-refractivity contribution in [3.05, 3.63) is 27.7 Å². The van der Waals surface area contributed by atoms with E-state index in [1.165, 1.54) is 7.11 Å². The van der Waals surface area contributed by atoms with Crippen LogP contribution in [0.25, 0.3) is 0 Å². The molecule has 1 aliphatic rings. The van der Waals surface area contributed by atoms with Gasteiger partial charge in [0.15, 0.2) is 0 Å². The second-order valence-electron chi connectivity index (χ2n) is 8.23. The number of carbonyl (C=O) groups excluding carboxylic acids is 2. The number of carbonyl (C=O) groups is 2. The Labute approximate surface area is 187 Å². The lowest BCUT2D eigenvalue weighted by Gasteiger charge is -2.40. The standard InChI is InChI=1S/C21H30Cl2N2O5/c1-21(2,3)30-20(27)25-9-8-13(10-14(25)11-24-12-17(26)29-5)18-16(28-4)7-6-15(22)19(18)23/h6-7,13-14,24H,8-12H2,1-5H3/t13-,14+/m1/s1. The first kappa shape index (κ1) is 24.6. The number of benzene rings is 1. The number of amides is 1. The number of rotatable bonds is 6. The molecule has 2 atom stereocenters. The minimum atomic E-state index is -0.600. The van der Waals surface area contributed by atoms with E-state index in [0.29, 0.717) is 41.7 Å². The second-order valence-corrected chi connectivity index (χ2v) is 9.02. The number of hydrogen-bond acceptors (Lipinski definition) is 6. The van der Waals surface area contributed by atoms with Gasteiger partial charge < -0.3 is 24.4 Å². The van der Waals surface area contributed by atoms with Crippen molar-refractivity contribution in [3.63, 3.8) is 0 Å². The van der Waals surface area contributed by atoms with E-state index >= 15 is 0 Å². The van der Waals surface area contributed by atoms with Crippen LogP contribution < -0.4 is 10.1 Å². The smallest absolute Gasteiger partial charge is 0.410 e. The third kappa shape index (κ3) is 6.40. The number of nitrogens with one attached hydrogen (secondary N) is 1. The molecule has 0 bridgehead atoms. The lowest BCUT2D eigenvalue weighted by Crippen LogP contribution is -2.52. The van der Waals surface area contributed by atoms with Crippen LogP contribution in [0.3, 0.4) is 0 Å². The van der Waals surface area contributed by atoms with Gasteiger partial charge in [-0.3, -0.25) is 4.79 Å². The van der Waals surface area contributed by atoms with Crippen molar-refractivity contribution < 1.29 is 23.8 Å². The highest BCUT2D eigenvalue weighted by molar-refractivity contribution is 6.42. The van der Waals surface area contributed by atoms with Crippen LogP contribution in [0.1, 0.15) is 45.1 Å². The van der Waals surface area contributed by atoms with Crippen LogP contribution in [0.4, 0.5) is 4.79 Å². The van der Waals surface area contributed by atoms with Crippen molar-refractivity contribution in [2.75, 3.05) is 33.9 Å². The number of esters is 1. The molecule has 1 heterocycles. The van der Waals surface area contributed by atoms with Crippen LogP contribution in [0.15, 0.2) is 12.1 Å². The summed E-state index contributed by atoms with van der Waals surface area (Å²) in [6.45, 7) is 6.44. The summed E-state index contributed by atoms with van der Waals surface area (Å²) in [5, 5.41) is 3.99. The Balaban J connectivity index is 2.24. The first-order valence-electron chi connectivity index (χ1n) is 9.86. The summed E-state index contributed by atoms with van der Waals surface area (Å²) in [7, 11) is 2.93. The van der Waals surface area contributed by atoms with Crippen LogP contribution in [0.5, 0.6) is 5.75 Å². The van der Waals surface area contributed by atoms with Crippen molar-refractivity contribution >= 4 is 35.3 Å². The van der Waals surface area contributed by atoms with Crippen LogP contribution >= 0.6 is 23.2 Å². The van der Waals surface area contributed by atoms with Gasteiger partial charge in [-0.2, -0.15) is 0 Å². The topological polar surface area (TPSA) is 77.1 Å². The van der Waals surface area contributed by atoms with Crippen LogP contribution in [-0.4, -0.2) is 62.5 Å². The molecule has 1 N–H and O–H groups in total. The summed E-state index contributed by atoms with van der Waals surface area (Å²) in [6.07, 6.45) is 0.919. The van der Waals surface area contributed by atoms with Gasteiger partial charge in [-0.05, 0) is 51.7 Å². The van der Waals surface area contributed by atoms with Crippen LogP contribution in [-0.2, 0) is 14.3 Å². The normalized spacial score (nSPS) is 19.4. The molecular formula is C21H30Cl2N2O5. The largest absolute Gasteiger partial charge is 0.496 e. The molecule has 0 spiro atoms. The van der Waals surface area contributed by atoms with E-state index < -0.39 is 5.60 Å². The minimum absolute atomic E-state index is 0.0368. The van der Waals surface area contributed by atoms with Crippen molar-refractivity contribution in [3.8, 4) is 5.75 Å². The van der Waals surface area contributed by atoms with Crippen molar-refractivity contribution in [1.29, 1.82) is 0 Å². The molecule has 0 aliphatic carbocycles. The zero-order valence-electron chi connectivity index (χ0n) is 18.1. The number of likely N-dealkylation sites (tertiary alicyclic amines) is 1. The van der Waals surface area contributed by atoms with Crippen LogP contribution in [0, 0.1) is 0 Å².